The quantitative estimate of drug-likeness (QED) is 0.448. The summed E-state index contributed by atoms with van der Waals surface area (Å²) in [4.78, 5) is 10.4. The zero-order valence-electron chi connectivity index (χ0n) is 13.0. The molecular weight excluding hydrogens is 318 g/mol. The lowest BCUT2D eigenvalue weighted by molar-refractivity contribution is -0.384. The zero-order chi connectivity index (χ0) is 17.4. The van der Waals surface area contributed by atoms with Gasteiger partial charge in [-0.05, 0) is 42.5 Å². The molecule has 0 amide bonds. The summed E-state index contributed by atoms with van der Waals surface area (Å²) < 4.78 is 1.80. The molecule has 122 valence electrons. The van der Waals surface area contributed by atoms with Crippen LogP contribution in [0.3, 0.4) is 0 Å². The topological polar surface area (TPSA) is 81.2 Å². The van der Waals surface area contributed by atoms with Crippen LogP contribution in [-0.4, -0.2) is 19.8 Å². The molecule has 0 bridgehead atoms. The first-order valence-corrected chi connectivity index (χ1v) is 7.65. The maximum Gasteiger partial charge on any atom is 0.269 e. The summed E-state index contributed by atoms with van der Waals surface area (Å²) in [6.07, 6.45) is 0. The maximum absolute atomic E-state index is 10.8. The average molecular weight is 331 g/mol. The van der Waals surface area contributed by atoms with Crippen LogP contribution in [0.4, 0.5) is 5.69 Å². The van der Waals surface area contributed by atoms with E-state index in [2.05, 4.69) is 5.10 Å². The van der Waals surface area contributed by atoms with Crippen LogP contribution in [0, 0.1) is 10.1 Å². The number of phenolic OH excluding ortho intramolecular Hbond substituents is 1. The van der Waals surface area contributed by atoms with Crippen LogP contribution in [-0.2, 0) is 0 Å². The number of rotatable bonds is 3. The van der Waals surface area contributed by atoms with E-state index in [0.717, 1.165) is 22.2 Å². The maximum atomic E-state index is 10.8. The predicted molar refractivity (Wildman–Crippen MR) is 94.8 cm³/mol. The van der Waals surface area contributed by atoms with Gasteiger partial charge in [0.15, 0.2) is 0 Å². The van der Waals surface area contributed by atoms with Gasteiger partial charge in [0, 0.05) is 23.1 Å². The van der Waals surface area contributed by atoms with E-state index in [1.807, 2.05) is 30.3 Å². The lowest BCUT2D eigenvalue weighted by atomic mass is 10.1. The van der Waals surface area contributed by atoms with Gasteiger partial charge in [0.05, 0.1) is 16.1 Å². The second-order valence-corrected chi connectivity index (χ2v) is 5.60. The van der Waals surface area contributed by atoms with Crippen LogP contribution in [0.25, 0.3) is 27.8 Å². The minimum absolute atomic E-state index is 0.0263. The number of fused-ring (bicyclic) bond motifs is 1. The Hall–Kier alpha value is -3.67. The molecule has 25 heavy (non-hydrogen) atoms. The first-order chi connectivity index (χ1) is 12.1. The molecule has 0 saturated carbocycles. The van der Waals surface area contributed by atoms with Crippen molar-refractivity contribution in [3.63, 3.8) is 0 Å². The molecule has 6 nitrogen and oxygen atoms in total. The average Bonchev–Trinajstić information content (AvgIpc) is 3.01. The van der Waals surface area contributed by atoms with Crippen molar-refractivity contribution in [1.82, 2.24) is 9.78 Å². The predicted octanol–water partition coefficient (Wildman–Crippen LogP) is 4.31. The third kappa shape index (κ3) is 2.59. The smallest absolute Gasteiger partial charge is 0.269 e. The van der Waals surface area contributed by atoms with Crippen LogP contribution in [0.5, 0.6) is 5.75 Å². The number of phenols is 1. The number of nitro benzene ring substituents is 1. The van der Waals surface area contributed by atoms with E-state index >= 15 is 0 Å². The summed E-state index contributed by atoms with van der Waals surface area (Å²) in [6, 6.07) is 21.0. The van der Waals surface area contributed by atoms with Crippen molar-refractivity contribution in [3.05, 3.63) is 82.9 Å². The van der Waals surface area contributed by atoms with Crippen molar-refractivity contribution < 1.29 is 10.0 Å². The normalized spacial score (nSPS) is 10.9. The number of hydrogen-bond donors (Lipinski definition) is 1. The molecule has 1 N–H and O–H groups in total. The highest BCUT2D eigenvalue weighted by molar-refractivity contribution is 5.95. The zero-order valence-corrected chi connectivity index (χ0v) is 13.0. The van der Waals surface area contributed by atoms with Crippen LogP contribution in [0.2, 0.25) is 0 Å². The fourth-order valence-electron chi connectivity index (χ4n) is 2.83. The number of aromatic hydroxyl groups is 1. The minimum atomic E-state index is -0.434. The van der Waals surface area contributed by atoms with E-state index < -0.39 is 4.92 Å². The molecule has 0 fully saturated rings. The van der Waals surface area contributed by atoms with E-state index in [9.17, 15) is 15.2 Å². The van der Waals surface area contributed by atoms with Crippen LogP contribution in [0.15, 0.2) is 72.8 Å². The van der Waals surface area contributed by atoms with Gasteiger partial charge in [-0.25, -0.2) is 4.68 Å². The van der Waals surface area contributed by atoms with Gasteiger partial charge in [0.1, 0.15) is 11.4 Å². The van der Waals surface area contributed by atoms with Gasteiger partial charge in [-0.15, -0.1) is 0 Å². The monoisotopic (exact) mass is 331 g/mol. The van der Waals surface area contributed by atoms with Crippen molar-refractivity contribution in [2.45, 2.75) is 0 Å². The van der Waals surface area contributed by atoms with Gasteiger partial charge < -0.3 is 5.11 Å². The Bertz CT molecular complexity index is 1070. The van der Waals surface area contributed by atoms with E-state index in [4.69, 9.17) is 0 Å². The Morgan fingerprint density at radius 2 is 1.68 bits per heavy atom. The van der Waals surface area contributed by atoms with Gasteiger partial charge in [-0.1, -0.05) is 18.2 Å². The van der Waals surface area contributed by atoms with Crippen molar-refractivity contribution in [2.75, 3.05) is 0 Å². The summed E-state index contributed by atoms with van der Waals surface area (Å²) in [5, 5.41) is 26.2. The van der Waals surface area contributed by atoms with Crippen molar-refractivity contribution in [1.29, 1.82) is 0 Å². The molecule has 1 aromatic heterocycles. The summed E-state index contributed by atoms with van der Waals surface area (Å²) in [6.45, 7) is 0. The van der Waals surface area contributed by atoms with Crippen LogP contribution < -0.4 is 0 Å². The van der Waals surface area contributed by atoms with Gasteiger partial charge in [-0.2, -0.15) is 5.10 Å². The molecule has 0 unspecified atom stereocenters. The summed E-state index contributed by atoms with van der Waals surface area (Å²) in [5.74, 6) is 0.142. The van der Waals surface area contributed by atoms with Crippen molar-refractivity contribution >= 4 is 16.6 Å². The van der Waals surface area contributed by atoms with Crippen LogP contribution in [0.1, 0.15) is 0 Å². The molecule has 1 heterocycles. The lowest BCUT2D eigenvalue weighted by Crippen LogP contribution is -1.95. The Morgan fingerprint density at radius 1 is 0.960 bits per heavy atom. The number of nitro groups is 1. The molecule has 6 heteroatoms. The SMILES string of the molecule is O=[N+]([O-])c1ccc(-c2nn(-c3ccccc3)c3ccc(O)cc23)cc1. The Morgan fingerprint density at radius 3 is 2.36 bits per heavy atom. The molecule has 4 rings (SSSR count). The standard InChI is InChI=1S/C19H13N3O3/c23-16-10-11-18-17(12-16)19(13-6-8-15(9-7-13)22(24)25)20-21(18)14-4-2-1-3-5-14/h1-12,23H. The van der Waals surface area contributed by atoms with E-state index in [-0.39, 0.29) is 11.4 Å². The first-order valence-electron chi connectivity index (χ1n) is 7.65. The molecule has 0 atom stereocenters. The van der Waals surface area contributed by atoms with Crippen molar-refractivity contribution in [3.8, 4) is 22.7 Å². The lowest BCUT2D eigenvalue weighted by Gasteiger charge is -2.02. The van der Waals surface area contributed by atoms with E-state index in [1.54, 1.807) is 35.0 Å². The van der Waals surface area contributed by atoms with Gasteiger partial charge >= 0.3 is 0 Å². The van der Waals surface area contributed by atoms with Crippen LogP contribution >= 0.6 is 0 Å². The third-order valence-corrected chi connectivity index (χ3v) is 4.02. The summed E-state index contributed by atoms with van der Waals surface area (Å²) in [7, 11) is 0. The minimum Gasteiger partial charge on any atom is -0.508 e. The molecule has 0 aliphatic heterocycles. The highest BCUT2D eigenvalue weighted by Crippen LogP contribution is 2.32. The first kappa shape index (κ1) is 14.9. The summed E-state index contributed by atoms with van der Waals surface area (Å²) in [5.41, 5.74) is 3.17. The number of nitrogens with zero attached hydrogens (tertiary/aromatic N) is 3. The Kier molecular flexibility index (Phi) is 3.43. The number of aromatic nitrogens is 2. The molecule has 0 radical (unpaired) electrons. The molecule has 0 saturated heterocycles. The Balaban J connectivity index is 1.94. The summed E-state index contributed by atoms with van der Waals surface area (Å²) >= 11 is 0. The Labute approximate surface area is 142 Å². The second kappa shape index (κ2) is 5.76. The molecule has 0 aliphatic rings. The highest BCUT2D eigenvalue weighted by Gasteiger charge is 2.15. The third-order valence-electron chi connectivity index (χ3n) is 4.02. The molecule has 0 spiro atoms. The number of para-hydroxylation sites is 1. The van der Waals surface area contributed by atoms with Crippen molar-refractivity contribution in [2.24, 2.45) is 0 Å². The van der Waals surface area contributed by atoms with E-state index in [1.165, 1.54) is 12.1 Å². The fourth-order valence-corrected chi connectivity index (χ4v) is 2.83. The molecule has 0 aliphatic carbocycles. The van der Waals surface area contributed by atoms with Gasteiger partial charge in [0.25, 0.3) is 5.69 Å². The number of non-ortho nitro benzene ring substituents is 1. The number of benzene rings is 3. The molecule has 4 aromatic rings. The highest BCUT2D eigenvalue weighted by atomic mass is 16.6. The molecule has 3 aromatic carbocycles. The van der Waals surface area contributed by atoms with Gasteiger partial charge in [0.2, 0.25) is 0 Å². The fraction of sp³-hybridized carbons (Fsp3) is 0. The van der Waals surface area contributed by atoms with Gasteiger partial charge in [-0.3, -0.25) is 10.1 Å². The largest absolute Gasteiger partial charge is 0.508 e. The molecular formula is C19H13N3O3. The second-order valence-electron chi connectivity index (χ2n) is 5.60. The number of hydrogen-bond acceptors (Lipinski definition) is 4. The van der Waals surface area contributed by atoms with E-state index in [0.29, 0.717) is 5.69 Å².